The summed E-state index contributed by atoms with van der Waals surface area (Å²) in [6, 6.07) is 0.466. The first-order chi connectivity index (χ1) is 6.27. The second-order valence-electron chi connectivity index (χ2n) is 4.36. The van der Waals surface area contributed by atoms with E-state index in [4.69, 9.17) is 0 Å². The van der Waals surface area contributed by atoms with Crippen LogP contribution in [-0.2, 0) is 4.79 Å². The second kappa shape index (κ2) is 3.66. The van der Waals surface area contributed by atoms with Gasteiger partial charge in [0.2, 0.25) is 5.91 Å². The topological polar surface area (TPSA) is 41.1 Å². The highest BCUT2D eigenvalue weighted by Gasteiger charge is 2.31. The fraction of sp³-hybridized carbons (Fsp3) is 0.900. The average Bonchev–Trinajstić information content (AvgIpc) is 2.64. The first kappa shape index (κ1) is 9.00. The molecule has 2 N–H and O–H groups in total. The second-order valence-corrected chi connectivity index (χ2v) is 4.36. The van der Waals surface area contributed by atoms with Crippen LogP contribution in [0, 0.1) is 11.8 Å². The molecule has 2 aliphatic rings. The number of carbonyl (C=O) groups is 1. The van der Waals surface area contributed by atoms with Crippen LogP contribution in [0.5, 0.6) is 0 Å². The van der Waals surface area contributed by atoms with E-state index in [0.717, 1.165) is 19.5 Å². The standard InChI is InChI=1S/C10H18N2O/c1-7-2-3-9(7)12-10(13)8-4-5-11-6-8/h7-9,11H,2-6H2,1H3,(H,12,13). The third kappa shape index (κ3) is 1.85. The molecule has 74 valence electrons. The Kier molecular flexibility index (Phi) is 2.54. The summed E-state index contributed by atoms with van der Waals surface area (Å²) < 4.78 is 0. The average molecular weight is 182 g/mol. The summed E-state index contributed by atoms with van der Waals surface area (Å²) in [5, 5.41) is 6.34. The van der Waals surface area contributed by atoms with Crippen LogP contribution in [0.4, 0.5) is 0 Å². The predicted molar refractivity (Wildman–Crippen MR) is 51.3 cm³/mol. The van der Waals surface area contributed by atoms with Gasteiger partial charge in [-0.25, -0.2) is 0 Å². The Balaban J connectivity index is 1.77. The van der Waals surface area contributed by atoms with Crippen molar-refractivity contribution in [2.45, 2.75) is 32.2 Å². The van der Waals surface area contributed by atoms with E-state index in [2.05, 4.69) is 17.6 Å². The molecule has 1 amide bonds. The Morgan fingerprint density at radius 3 is 2.69 bits per heavy atom. The molecule has 1 saturated heterocycles. The molecule has 0 radical (unpaired) electrons. The largest absolute Gasteiger partial charge is 0.353 e. The molecule has 1 saturated carbocycles. The first-order valence-corrected chi connectivity index (χ1v) is 5.28. The minimum absolute atomic E-state index is 0.229. The SMILES string of the molecule is CC1CCC1NC(=O)C1CCNC1. The zero-order chi connectivity index (χ0) is 9.26. The van der Waals surface area contributed by atoms with Gasteiger partial charge in [0.1, 0.15) is 0 Å². The third-order valence-corrected chi connectivity index (χ3v) is 3.38. The normalized spacial score (nSPS) is 38.4. The van der Waals surface area contributed by atoms with Gasteiger partial charge in [0.15, 0.2) is 0 Å². The molecule has 3 unspecified atom stereocenters. The molecule has 3 nitrogen and oxygen atoms in total. The molecule has 2 rings (SSSR count). The molecule has 1 heterocycles. The van der Waals surface area contributed by atoms with Crippen molar-refractivity contribution in [2.24, 2.45) is 11.8 Å². The lowest BCUT2D eigenvalue weighted by molar-refractivity contribution is -0.126. The number of hydrogen-bond acceptors (Lipinski definition) is 2. The Bertz CT molecular complexity index is 199. The molecule has 0 bridgehead atoms. The lowest BCUT2D eigenvalue weighted by Gasteiger charge is -2.35. The van der Waals surface area contributed by atoms with E-state index in [9.17, 15) is 4.79 Å². The van der Waals surface area contributed by atoms with Gasteiger partial charge < -0.3 is 10.6 Å². The van der Waals surface area contributed by atoms with Crippen molar-refractivity contribution in [3.63, 3.8) is 0 Å². The smallest absolute Gasteiger partial charge is 0.224 e. The van der Waals surface area contributed by atoms with Crippen molar-refractivity contribution in [1.82, 2.24) is 10.6 Å². The van der Waals surface area contributed by atoms with Gasteiger partial charge in [-0.2, -0.15) is 0 Å². The summed E-state index contributed by atoms with van der Waals surface area (Å²) in [7, 11) is 0. The van der Waals surface area contributed by atoms with Crippen LogP contribution in [0.1, 0.15) is 26.2 Å². The minimum atomic E-state index is 0.229. The Morgan fingerprint density at radius 2 is 2.23 bits per heavy atom. The van der Waals surface area contributed by atoms with E-state index in [1.807, 2.05) is 0 Å². The lowest BCUT2D eigenvalue weighted by Crippen LogP contribution is -2.47. The molecule has 1 aliphatic carbocycles. The molecule has 0 spiro atoms. The fourth-order valence-corrected chi connectivity index (χ4v) is 2.06. The monoisotopic (exact) mass is 182 g/mol. The predicted octanol–water partition coefficient (Wildman–Crippen LogP) is 0.511. The summed E-state index contributed by atoms with van der Waals surface area (Å²) in [5.74, 6) is 1.19. The molecule has 2 fully saturated rings. The Hall–Kier alpha value is -0.570. The minimum Gasteiger partial charge on any atom is -0.353 e. The van der Waals surface area contributed by atoms with E-state index in [0.29, 0.717) is 12.0 Å². The van der Waals surface area contributed by atoms with Gasteiger partial charge in [0.25, 0.3) is 0 Å². The third-order valence-electron chi connectivity index (χ3n) is 3.38. The molecule has 3 atom stereocenters. The van der Waals surface area contributed by atoms with Crippen molar-refractivity contribution in [3.8, 4) is 0 Å². The van der Waals surface area contributed by atoms with Crippen molar-refractivity contribution >= 4 is 5.91 Å². The highest BCUT2D eigenvalue weighted by molar-refractivity contribution is 5.79. The van der Waals surface area contributed by atoms with E-state index in [-0.39, 0.29) is 11.8 Å². The van der Waals surface area contributed by atoms with Crippen LogP contribution in [0.2, 0.25) is 0 Å². The number of amides is 1. The van der Waals surface area contributed by atoms with Gasteiger partial charge in [-0.15, -0.1) is 0 Å². The van der Waals surface area contributed by atoms with Crippen LogP contribution in [0.3, 0.4) is 0 Å². The van der Waals surface area contributed by atoms with Gasteiger partial charge in [0, 0.05) is 12.6 Å². The van der Waals surface area contributed by atoms with Crippen molar-refractivity contribution in [3.05, 3.63) is 0 Å². The maximum Gasteiger partial charge on any atom is 0.224 e. The van der Waals surface area contributed by atoms with Gasteiger partial charge in [-0.1, -0.05) is 6.92 Å². The van der Waals surface area contributed by atoms with Crippen molar-refractivity contribution < 1.29 is 4.79 Å². The van der Waals surface area contributed by atoms with Gasteiger partial charge >= 0.3 is 0 Å². The van der Waals surface area contributed by atoms with E-state index < -0.39 is 0 Å². The van der Waals surface area contributed by atoms with E-state index in [1.165, 1.54) is 12.8 Å². The van der Waals surface area contributed by atoms with Gasteiger partial charge in [-0.3, -0.25) is 4.79 Å². The number of nitrogens with one attached hydrogen (secondary N) is 2. The molecule has 0 aromatic carbocycles. The Labute approximate surface area is 79.3 Å². The van der Waals surface area contributed by atoms with Gasteiger partial charge in [0.05, 0.1) is 5.92 Å². The fourth-order valence-electron chi connectivity index (χ4n) is 2.06. The Morgan fingerprint density at radius 1 is 1.38 bits per heavy atom. The lowest BCUT2D eigenvalue weighted by atomic mass is 9.81. The molecule has 0 aromatic heterocycles. The number of carbonyl (C=O) groups excluding carboxylic acids is 1. The quantitative estimate of drug-likeness (QED) is 0.653. The van der Waals surface area contributed by atoms with Crippen LogP contribution < -0.4 is 10.6 Å². The van der Waals surface area contributed by atoms with Crippen LogP contribution in [0.25, 0.3) is 0 Å². The molecule has 3 heteroatoms. The van der Waals surface area contributed by atoms with Crippen molar-refractivity contribution in [2.75, 3.05) is 13.1 Å². The molecule has 13 heavy (non-hydrogen) atoms. The number of rotatable bonds is 2. The summed E-state index contributed by atoms with van der Waals surface area (Å²) >= 11 is 0. The summed E-state index contributed by atoms with van der Waals surface area (Å²) in [6.45, 7) is 4.08. The van der Waals surface area contributed by atoms with Crippen LogP contribution >= 0.6 is 0 Å². The van der Waals surface area contributed by atoms with E-state index in [1.54, 1.807) is 0 Å². The zero-order valence-corrected chi connectivity index (χ0v) is 8.18. The van der Waals surface area contributed by atoms with E-state index >= 15 is 0 Å². The summed E-state index contributed by atoms with van der Waals surface area (Å²) in [6.07, 6.45) is 3.45. The highest BCUT2D eigenvalue weighted by Crippen LogP contribution is 2.26. The highest BCUT2D eigenvalue weighted by atomic mass is 16.2. The maximum absolute atomic E-state index is 11.6. The maximum atomic E-state index is 11.6. The van der Waals surface area contributed by atoms with Crippen LogP contribution in [-0.4, -0.2) is 25.0 Å². The number of hydrogen-bond donors (Lipinski definition) is 2. The van der Waals surface area contributed by atoms with Gasteiger partial charge in [-0.05, 0) is 31.7 Å². The molecule has 1 aliphatic heterocycles. The molecular formula is C10H18N2O. The molecule has 0 aromatic rings. The zero-order valence-electron chi connectivity index (χ0n) is 8.18. The molecular weight excluding hydrogens is 164 g/mol. The van der Waals surface area contributed by atoms with Crippen molar-refractivity contribution in [1.29, 1.82) is 0 Å². The van der Waals surface area contributed by atoms with Crippen LogP contribution in [0.15, 0.2) is 0 Å². The summed E-state index contributed by atoms with van der Waals surface area (Å²) in [4.78, 5) is 11.6. The summed E-state index contributed by atoms with van der Waals surface area (Å²) in [5.41, 5.74) is 0. The first-order valence-electron chi connectivity index (χ1n) is 5.28.